The number of carbonyl (C=O) groups excluding carboxylic acids is 8. The zero-order chi connectivity index (χ0) is 86.8. The average molecular weight is 1710 g/mol. The number of Topliss-reactive ketones (excluding diaryl/α,β-unsaturated/α-hetero) is 5. The third kappa shape index (κ3) is 43.2. The van der Waals surface area contributed by atoms with Gasteiger partial charge < -0.3 is 113 Å². The van der Waals surface area contributed by atoms with Crippen molar-refractivity contribution in [3.8, 4) is 0 Å². The van der Waals surface area contributed by atoms with E-state index in [9.17, 15) is 88.9 Å². The van der Waals surface area contributed by atoms with Crippen molar-refractivity contribution in [1.82, 2.24) is 15.5 Å². The molecule has 118 heavy (non-hydrogen) atoms. The number of carbonyl (C=O) groups is 8. The molecule has 0 radical (unpaired) electrons. The minimum atomic E-state index is -3.25. The first-order chi connectivity index (χ1) is 56.4. The lowest BCUT2D eigenvalue weighted by molar-refractivity contribution is -0.282. The summed E-state index contributed by atoms with van der Waals surface area (Å²) in [4.78, 5) is 107. The van der Waals surface area contributed by atoms with Gasteiger partial charge in [0.05, 0.1) is 96.5 Å². The molecule has 32 nitrogen and oxygen atoms in total. The highest BCUT2D eigenvalue weighted by Crippen LogP contribution is 2.46. The summed E-state index contributed by atoms with van der Waals surface area (Å²) in [7, 11) is -3.25. The van der Waals surface area contributed by atoms with Crippen molar-refractivity contribution in [2.45, 2.75) is 352 Å². The van der Waals surface area contributed by atoms with Crippen LogP contribution in [0.2, 0.25) is 0 Å². The molecule has 4 aliphatic heterocycles. The molecule has 0 aromatic heterocycles. The maximum Gasteiger partial charge on any atom is 0.327 e. The van der Waals surface area contributed by atoms with Gasteiger partial charge in [-0.25, -0.2) is 0 Å². The number of rotatable bonds is 70. The van der Waals surface area contributed by atoms with Crippen molar-refractivity contribution in [2.75, 3.05) is 112 Å². The Bertz CT molecular complexity index is 2650. The van der Waals surface area contributed by atoms with Crippen LogP contribution in [0, 0.1) is 29.1 Å². The Kier molecular flexibility index (Phi) is 54.8. The number of hydrogen-bond donors (Lipinski definition) is 11. The van der Waals surface area contributed by atoms with Crippen molar-refractivity contribution >= 4 is 54.2 Å². The molecule has 0 aromatic rings. The zero-order valence-corrected chi connectivity index (χ0v) is 72.9. The number of hydrogen-bond acceptors (Lipinski definition) is 29. The summed E-state index contributed by atoms with van der Waals surface area (Å²) in [5.41, 5.74) is -1.09. The normalized spacial score (nSPS) is 26.4. The largest absolute Gasteiger partial charge is 0.394 e. The molecule has 4 aliphatic rings. The molecule has 18 atom stereocenters. The van der Waals surface area contributed by atoms with Gasteiger partial charge in [-0.15, -0.1) is 0 Å². The van der Waals surface area contributed by atoms with Gasteiger partial charge in [0.1, 0.15) is 65.5 Å². The molecule has 4 rings (SSSR count). The Morgan fingerprint density at radius 2 is 0.754 bits per heavy atom. The molecule has 0 saturated carbocycles. The molecular weight excluding hydrogens is 1560 g/mol. The second-order valence-electron chi connectivity index (χ2n) is 33.7. The first-order valence-electron chi connectivity index (χ1n) is 44.2. The summed E-state index contributed by atoms with van der Waals surface area (Å²) in [6.45, 7) is 12.9. The van der Waals surface area contributed by atoms with E-state index in [1.54, 1.807) is 34.6 Å². The van der Waals surface area contributed by atoms with Gasteiger partial charge >= 0.3 is 7.60 Å². The fourth-order valence-electron chi connectivity index (χ4n) is 15.2. The molecule has 4 saturated heterocycles. The molecule has 33 heteroatoms. The highest BCUT2D eigenvalue weighted by molar-refractivity contribution is 7.53. The van der Waals surface area contributed by atoms with Crippen molar-refractivity contribution in [3.05, 3.63) is 0 Å². The van der Waals surface area contributed by atoms with E-state index in [1.807, 2.05) is 4.90 Å². The summed E-state index contributed by atoms with van der Waals surface area (Å²) >= 11 is 0. The first-order valence-corrected chi connectivity index (χ1v) is 46.2. The van der Waals surface area contributed by atoms with Crippen molar-refractivity contribution in [3.63, 3.8) is 0 Å². The van der Waals surface area contributed by atoms with Crippen LogP contribution >= 0.6 is 7.60 Å². The third-order valence-corrected chi connectivity index (χ3v) is 23.9. The number of amides is 3. The topological polar surface area (TPSA) is 465 Å². The number of ether oxygens (including phenoxy) is 9. The van der Waals surface area contributed by atoms with E-state index in [1.165, 1.54) is 6.66 Å². The number of ketones is 5. The summed E-state index contributed by atoms with van der Waals surface area (Å²) in [6, 6.07) is -0.146. The van der Waals surface area contributed by atoms with Crippen LogP contribution in [-0.4, -0.2) is 296 Å². The van der Waals surface area contributed by atoms with Gasteiger partial charge in [-0.2, -0.15) is 0 Å². The Morgan fingerprint density at radius 3 is 1.14 bits per heavy atom. The van der Waals surface area contributed by atoms with E-state index in [2.05, 4.69) is 17.6 Å². The Balaban J connectivity index is 1.29. The predicted octanol–water partition coefficient (Wildman–Crippen LogP) is 7.14. The Morgan fingerprint density at radius 1 is 0.424 bits per heavy atom. The molecule has 686 valence electrons. The van der Waals surface area contributed by atoms with E-state index in [-0.39, 0.29) is 183 Å². The lowest BCUT2D eigenvalue weighted by atomic mass is 9.83. The lowest BCUT2D eigenvalue weighted by Gasteiger charge is -2.40. The average Bonchev–Trinajstić information content (AvgIpc) is 1.28. The molecule has 0 aromatic carbocycles. The van der Waals surface area contributed by atoms with Crippen molar-refractivity contribution in [2.24, 2.45) is 29.1 Å². The fourth-order valence-corrected chi connectivity index (χ4v) is 16.4. The van der Waals surface area contributed by atoms with Crippen LogP contribution in [0.25, 0.3) is 0 Å². The number of aliphatic hydroxyl groups is 9. The van der Waals surface area contributed by atoms with Crippen LogP contribution in [0.3, 0.4) is 0 Å². The standard InChI is InChI=1S/C85H152N3O29P/c1-59(2)117-118(7,106)113-55-64-49-60(3)51-88(64)75(99)37-21-13-11-9-8-10-12-16-35-69(96)50-85(56-107-46-38-67(94)31-19-14-17-29-65(92)33-22-25-43-110-82-61(4)76(100)79(103)70(52-89)114-82,57-108-47-39-68(95)32-20-15-18-30-66(93)34-23-26-44-111-83-62(5)77(101)80(104)71(53-90)115-83)58-109-48-40-74(98)87-42-28-41-86-73(97)36-24-27-45-112-84-63(6)78(102)81(105)72(54-91)116-84/h59-64,70-72,76-84,89-91,100-105H,8-58H2,1-7H3,(H,86,97)(H,87,98)/t60-,61?,62?,63?,64+,70?,71?,72?,76?,77?,78?,79?,80?,81?,82?,83?,84?,85?,118?/m1/s1. The molecule has 4 fully saturated rings. The van der Waals surface area contributed by atoms with E-state index in [0.717, 1.165) is 51.4 Å². The van der Waals surface area contributed by atoms with Gasteiger partial charge in [-0.05, 0) is 110 Å². The number of aliphatic hydroxyl groups excluding tert-OH is 9. The SMILES string of the molecule is CC(C)OP(C)(=O)OC[C@@H]1C[C@@H](C)CN1C(=O)CCCCCCCCCCC(=O)CC(COCCC(=O)CCCCCC(=O)CCCCOC1OC(CO)C(O)C(O)C1C)(COCCC(=O)CCCCCC(=O)CCCCOC1OC(CO)C(O)C(O)C1C)COCCC(=O)NCCCNC(=O)CCCCOC1OC(CO)C(O)C(O)C1C. The first kappa shape index (κ1) is 107. The van der Waals surface area contributed by atoms with E-state index in [0.29, 0.717) is 141 Å². The lowest BCUT2D eigenvalue weighted by Crippen LogP contribution is -2.55. The van der Waals surface area contributed by atoms with E-state index < -0.39 is 124 Å². The molecule has 4 heterocycles. The van der Waals surface area contributed by atoms with Gasteiger partial charge in [-0.1, -0.05) is 79.1 Å². The van der Waals surface area contributed by atoms with Crippen molar-refractivity contribution in [1.29, 1.82) is 0 Å². The van der Waals surface area contributed by atoms with Gasteiger partial charge in [0.15, 0.2) is 18.9 Å². The molecule has 11 N–H and O–H groups in total. The quantitative estimate of drug-likeness (QED) is 0.0213. The highest BCUT2D eigenvalue weighted by Gasteiger charge is 2.46. The molecule has 16 unspecified atom stereocenters. The van der Waals surface area contributed by atoms with Gasteiger partial charge in [0.2, 0.25) is 17.7 Å². The number of nitrogens with zero attached hydrogens (tertiary/aromatic N) is 1. The van der Waals surface area contributed by atoms with E-state index >= 15 is 0 Å². The molecule has 3 amide bonds. The van der Waals surface area contributed by atoms with Gasteiger partial charge in [0.25, 0.3) is 0 Å². The van der Waals surface area contributed by atoms with Gasteiger partial charge in [0, 0.05) is 153 Å². The van der Waals surface area contributed by atoms with Crippen molar-refractivity contribution < 1.29 is 141 Å². The summed E-state index contributed by atoms with van der Waals surface area (Å²) < 4.78 is 76.9. The summed E-state index contributed by atoms with van der Waals surface area (Å²) in [5, 5.41) is 95.6. The van der Waals surface area contributed by atoms with E-state index in [4.69, 9.17) is 51.7 Å². The number of nitrogens with one attached hydrogen (secondary N) is 2. The van der Waals surface area contributed by atoms with Crippen LogP contribution in [0.4, 0.5) is 0 Å². The van der Waals surface area contributed by atoms with Crippen LogP contribution in [0.5, 0.6) is 0 Å². The summed E-state index contributed by atoms with van der Waals surface area (Å²) in [5.74, 6) is -1.55. The monoisotopic (exact) mass is 1710 g/mol. The minimum absolute atomic E-state index is 0.0136. The third-order valence-electron chi connectivity index (χ3n) is 22.5. The maximum atomic E-state index is 14.2. The molecule has 0 spiro atoms. The van der Waals surface area contributed by atoms with Crippen LogP contribution in [-0.2, 0) is 94.6 Å². The maximum absolute atomic E-state index is 14.2. The second kappa shape index (κ2) is 60.7. The second-order valence-corrected chi connectivity index (χ2v) is 35.7. The van der Waals surface area contributed by atoms with Gasteiger partial charge in [-0.3, -0.25) is 42.9 Å². The molecule has 0 aliphatic carbocycles. The molecule has 0 bridgehead atoms. The van der Waals surface area contributed by atoms with Crippen LogP contribution in [0.1, 0.15) is 266 Å². The zero-order valence-electron chi connectivity index (χ0n) is 72.0. The predicted molar refractivity (Wildman–Crippen MR) is 437 cm³/mol. The molecular formula is C85H152N3O29P. The minimum Gasteiger partial charge on any atom is -0.394 e. The number of likely N-dealkylation sites (tertiary alicyclic amines) is 1. The fraction of sp³-hybridized carbons (Fsp3) is 0.906. The smallest absolute Gasteiger partial charge is 0.327 e. The van der Waals surface area contributed by atoms with Crippen LogP contribution < -0.4 is 10.6 Å². The highest BCUT2D eigenvalue weighted by atomic mass is 31.2. The van der Waals surface area contributed by atoms with Crippen LogP contribution in [0.15, 0.2) is 0 Å². The summed E-state index contributed by atoms with van der Waals surface area (Å²) in [6.07, 6.45) is 5.77. The number of unbranched alkanes of at least 4 members (excludes halogenated alkanes) is 14. The Labute approximate surface area is 700 Å². The Hall–Kier alpha value is -3.81.